The van der Waals surface area contributed by atoms with E-state index in [1.165, 1.54) is 25.7 Å². The Bertz CT molecular complexity index is 231. The van der Waals surface area contributed by atoms with Crippen LogP contribution >= 0.6 is 12.4 Å². The summed E-state index contributed by atoms with van der Waals surface area (Å²) in [7, 11) is 0. The first kappa shape index (κ1) is 13.8. The van der Waals surface area contributed by atoms with Crippen LogP contribution in [-0.4, -0.2) is 36.5 Å². The molecule has 0 saturated carbocycles. The lowest BCUT2D eigenvalue weighted by atomic mass is 9.99. The lowest BCUT2D eigenvalue weighted by molar-refractivity contribution is -0.139. The summed E-state index contributed by atoms with van der Waals surface area (Å²) in [5, 5.41) is 3.18. The predicted molar refractivity (Wildman–Crippen MR) is 67.9 cm³/mol. The number of hydrogen-bond acceptors (Lipinski definition) is 2. The van der Waals surface area contributed by atoms with Gasteiger partial charge in [-0.2, -0.15) is 0 Å². The molecule has 2 aliphatic heterocycles. The van der Waals surface area contributed by atoms with Gasteiger partial charge in [-0.1, -0.05) is 19.8 Å². The third-order valence-corrected chi connectivity index (χ3v) is 3.76. The molecular weight excluding hydrogens is 224 g/mol. The maximum atomic E-state index is 12.2. The van der Waals surface area contributed by atoms with Gasteiger partial charge in [0.15, 0.2) is 0 Å². The van der Waals surface area contributed by atoms with Gasteiger partial charge in [-0.3, -0.25) is 4.79 Å². The molecule has 16 heavy (non-hydrogen) atoms. The first-order valence-electron chi connectivity index (χ1n) is 6.34. The highest BCUT2D eigenvalue weighted by atomic mass is 35.5. The lowest BCUT2D eigenvalue weighted by Gasteiger charge is -2.36. The summed E-state index contributed by atoms with van der Waals surface area (Å²) >= 11 is 0. The first-order valence-corrected chi connectivity index (χ1v) is 6.34. The molecule has 1 unspecified atom stereocenters. The van der Waals surface area contributed by atoms with E-state index in [0.29, 0.717) is 11.9 Å². The van der Waals surface area contributed by atoms with Crippen LogP contribution in [0.4, 0.5) is 0 Å². The van der Waals surface area contributed by atoms with E-state index >= 15 is 0 Å². The summed E-state index contributed by atoms with van der Waals surface area (Å²) in [5.41, 5.74) is 0. The Hall–Kier alpha value is -0.280. The SMILES string of the molecule is CCC1CCCCCN1C(=O)C1CNC1.Cl. The quantitative estimate of drug-likeness (QED) is 0.806. The zero-order valence-electron chi connectivity index (χ0n) is 10.1. The Labute approximate surface area is 104 Å². The zero-order chi connectivity index (χ0) is 10.7. The minimum absolute atomic E-state index is 0. The van der Waals surface area contributed by atoms with Gasteiger partial charge in [0.1, 0.15) is 0 Å². The lowest BCUT2D eigenvalue weighted by Crippen LogP contribution is -2.54. The molecule has 1 atom stereocenters. The van der Waals surface area contributed by atoms with Crippen molar-refractivity contribution in [3.63, 3.8) is 0 Å². The first-order chi connectivity index (χ1) is 7.33. The van der Waals surface area contributed by atoms with Crippen molar-refractivity contribution < 1.29 is 4.79 Å². The number of carbonyl (C=O) groups is 1. The number of rotatable bonds is 2. The van der Waals surface area contributed by atoms with Crippen LogP contribution in [0.5, 0.6) is 0 Å². The topological polar surface area (TPSA) is 32.3 Å². The average Bonchev–Trinajstić information content (AvgIpc) is 2.39. The number of halogens is 1. The van der Waals surface area contributed by atoms with Crippen molar-refractivity contribution in [3.05, 3.63) is 0 Å². The summed E-state index contributed by atoms with van der Waals surface area (Å²) in [6.07, 6.45) is 6.12. The Balaban J connectivity index is 0.00000128. The highest BCUT2D eigenvalue weighted by Crippen LogP contribution is 2.22. The molecule has 94 valence electrons. The van der Waals surface area contributed by atoms with Gasteiger partial charge in [0.2, 0.25) is 5.91 Å². The van der Waals surface area contributed by atoms with Gasteiger partial charge in [-0.25, -0.2) is 0 Å². The van der Waals surface area contributed by atoms with Crippen LogP contribution in [0.3, 0.4) is 0 Å². The van der Waals surface area contributed by atoms with Gasteiger partial charge in [-0.15, -0.1) is 12.4 Å². The summed E-state index contributed by atoms with van der Waals surface area (Å²) in [6, 6.07) is 0.514. The van der Waals surface area contributed by atoms with Crippen LogP contribution in [0.15, 0.2) is 0 Å². The second-order valence-corrected chi connectivity index (χ2v) is 4.80. The smallest absolute Gasteiger partial charge is 0.228 e. The Morgan fingerprint density at radius 1 is 1.31 bits per heavy atom. The third-order valence-electron chi connectivity index (χ3n) is 3.76. The van der Waals surface area contributed by atoms with Crippen molar-refractivity contribution in [2.45, 2.75) is 45.1 Å². The molecule has 0 aromatic rings. The van der Waals surface area contributed by atoms with Gasteiger partial charge in [0, 0.05) is 25.7 Å². The molecule has 0 bridgehead atoms. The average molecular weight is 247 g/mol. The van der Waals surface area contributed by atoms with Crippen LogP contribution in [0.25, 0.3) is 0 Å². The molecule has 2 saturated heterocycles. The van der Waals surface area contributed by atoms with Gasteiger partial charge in [-0.05, 0) is 19.3 Å². The van der Waals surface area contributed by atoms with E-state index in [1.54, 1.807) is 0 Å². The standard InChI is InChI=1S/C12H22N2O.ClH/c1-2-11-6-4-3-5-7-14(11)12(15)10-8-13-9-10;/h10-11,13H,2-9H2,1H3;1H. The molecule has 4 heteroatoms. The summed E-state index contributed by atoms with van der Waals surface area (Å²) < 4.78 is 0. The van der Waals surface area contributed by atoms with Crippen molar-refractivity contribution >= 4 is 18.3 Å². The monoisotopic (exact) mass is 246 g/mol. The predicted octanol–water partition coefficient (Wildman–Crippen LogP) is 1.81. The Kier molecular flexibility index (Phi) is 5.56. The zero-order valence-corrected chi connectivity index (χ0v) is 10.9. The van der Waals surface area contributed by atoms with Crippen LogP contribution < -0.4 is 5.32 Å². The second-order valence-electron chi connectivity index (χ2n) is 4.80. The molecule has 1 amide bonds. The summed E-state index contributed by atoms with van der Waals surface area (Å²) in [4.78, 5) is 14.4. The minimum atomic E-state index is 0. The van der Waals surface area contributed by atoms with Crippen molar-refractivity contribution in [1.82, 2.24) is 10.2 Å². The summed E-state index contributed by atoms with van der Waals surface area (Å²) in [5.74, 6) is 0.680. The van der Waals surface area contributed by atoms with Crippen LogP contribution in [-0.2, 0) is 4.79 Å². The normalized spacial score (nSPS) is 26.6. The Morgan fingerprint density at radius 2 is 2.06 bits per heavy atom. The number of likely N-dealkylation sites (tertiary alicyclic amines) is 1. The third kappa shape index (κ3) is 2.89. The molecule has 0 aromatic heterocycles. The van der Waals surface area contributed by atoms with Gasteiger partial charge in [0.05, 0.1) is 5.92 Å². The number of nitrogens with one attached hydrogen (secondary N) is 1. The molecular formula is C12H23ClN2O. The number of amides is 1. The molecule has 1 N–H and O–H groups in total. The van der Waals surface area contributed by atoms with Gasteiger partial charge < -0.3 is 10.2 Å². The molecule has 0 radical (unpaired) electrons. The van der Waals surface area contributed by atoms with Crippen molar-refractivity contribution in [1.29, 1.82) is 0 Å². The van der Waals surface area contributed by atoms with Crippen LogP contribution in [0.1, 0.15) is 39.0 Å². The van der Waals surface area contributed by atoms with E-state index in [9.17, 15) is 4.79 Å². The number of carbonyl (C=O) groups excluding carboxylic acids is 1. The fourth-order valence-corrected chi connectivity index (χ4v) is 2.59. The highest BCUT2D eigenvalue weighted by Gasteiger charge is 2.32. The van der Waals surface area contributed by atoms with Crippen molar-refractivity contribution in [3.8, 4) is 0 Å². The van der Waals surface area contributed by atoms with E-state index in [0.717, 1.165) is 26.1 Å². The molecule has 0 spiro atoms. The van der Waals surface area contributed by atoms with Crippen molar-refractivity contribution in [2.75, 3.05) is 19.6 Å². The molecule has 0 aliphatic carbocycles. The largest absolute Gasteiger partial charge is 0.339 e. The fraction of sp³-hybridized carbons (Fsp3) is 0.917. The molecule has 2 rings (SSSR count). The van der Waals surface area contributed by atoms with Crippen LogP contribution in [0, 0.1) is 5.92 Å². The van der Waals surface area contributed by atoms with Crippen LogP contribution in [0.2, 0.25) is 0 Å². The van der Waals surface area contributed by atoms with E-state index in [1.807, 2.05) is 0 Å². The highest BCUT2D eigenvalue weighted by molar-refractivity contribution is 5.85. The molecule has 2 fully saturated rings. The number of hydrogen-bond donors (Lipinski definition) is 1. The molecule has 3 nitrogen and oxygen atoms in total. The van der Waals surface area contributed by atoms with Gasteiger partial charge in [0.25, 0.3) is 0 Å². The maximum absolute atomic E-state index is 12.2. The van der Waals surface area contributed by atoms with E-state index < -0.39 is 0 Å². The molecule has 0 aromatic carbocycles. The fourth-order valence-electron chi connectivity index (χ4n) is 2.59. The second kappa shape index (κ2) is 6.45. The minimum Gasteiger partial charge on any atom is -0.339 e. The number of nitrogens with zero attached hydrogens (tertiary/aromatic N) is 1. The summed E-state index contributed by atoms with van der Waals surface area (Å²) in [6.45, 7) is 4.99. The molecule has 2 aliphatic rings. The van der Waals surface area contributed by atoms with E-state index in [4.69, 9.17) is 0 Å². The molecule has 2 heterocycles. The van der Waals surface area contributed by atoms with Crippen molar-refractivity contribution in [2.24, 2.45) is 5.92 Å². The van der Waals surface area contributed by atoms with Gasteiger partial charge >= 0.3 is 0 Å². The van der Waals surface area contributed by atoms with E-state index in [2.05, 4.69) is 17.1 Å². The Morgan fingerprint density at radius 3 is 2.62 bits per heavy atom. The maximum Gasteiger partial charge on any atom is 0.228 e. The van der Waals surface area contributed by atoms with E-state index in [-0.39, 0.29) is 18.3 Å².